The van der Waals surface area contributed by atoms with Crippen LogP contribution in [0.25, 0.3) is 64.4 Å². The van der Waals surface area contributed by atoms with Crippen molar-refractivity contribution in [1.82, 2.24) is 0 Å². The third-order valence-electron chi connectivity index (χ3n) is 16.0. The number of thiophene rings is 2. The molecule has 0 atom stereocenters. The maximum atomic E-state index is 6.25. The number of nitrogens with zero attached hydrogens (tertiary/aromatic N) is 2. The fourth-order valence-corrected chi connectivity index (χ4v) is 14.6. The van der Waals surface area contributed by atoms with Crippen molar-refractivity contribution in [2.75, 3.05) is 9.80 Å². The zero-order chi connectivity index (χ0) is 49.9. The van der Waals surface area contributed by atoms with Crippen LogP contribution in [-0.4, -0.2) is 6.71 Å². The summed E-state index contributed by atoms with van der Waals surface area (Å²) in [6.07, 6.45) is 3.91. The lowest BCUT2D eigenvalue weighted by Gasteiger charge is -2.44. The first-order chi connectivity index (χ1) is 34.5. The van der Waals surface area contributed by atoms with Gasteiger partial charge in [0.15, 0.2) is 0 Å². The van der Waals surface area contributed by atoms with Crippen LogP contribution in [0.2, 0.25) is 0 Å². The van der Waals surface area contributed by atoms with Crippen LogP contribution in [0.5, 0.6) is 0 Å². The van der Waals surface area contributed by atoms with Crippen LogP contribution in [0.1, 0.15) is 100 Å². The van der Waals surface area contributed by atoms with E-state index in [-0.39, 0.29) is 23.5 Å². The number of hydrogen-bond acceptors (Lipinski definition) is 6. The van der Waals surface area contributed by atoms with Gasteiger partial charge in [0.1, 0.15) is 11.2 Å². The van der Waals surface area contributed by atoms with Crippen molar-refractivity contribution in [3.8, 4) is 22.3 Å². The zero-order valence-electron chi connectivity index (χ0n) is 43.4. The molecule has 7 heteroatoms. The first-order valence-corrected chi connectivity index (χ1v) is 27.2. The molecule has 356 valence electrons. The molecule has 0 amide bonds. The van der Waals surface area contributed by atoms with E-state index in [2.05, 4.69) is 214 Å². The fraction of sp³-hybridized carbons (Fsp3) is 0.231. The molecule has 6 heterocycles. The van der Waals surface area contributed by atoms with Gasteiger partial charge in [0.2, 0.25) is 0 Å². The Kier molecular flexibility index (Phi) is 9.93. The van der Waals surface area contributed by atoms with Gasteiger partial charge in [-0.3, -0.25) is 0 Å². The van der Waals surface area contributed by atoms with Crippen molar-refractivity contribution >= 4 is 121 Å². The molecule has 0 unspecified atom stereocenters. The summed E-state index contributed by atoms with van der Waals surface area (Å²) in [5, 5.41) is 7.55. The quantitative estimate of drug-likeness (QED) is 0.161. The van der Waals surface area contributed by atoms with E-state index in [1.165, 1.54) is 119 Å². The van der Waals surface area contributed by atoms with Crippen molar-refractivity contribution in [1.29, 1.82) is 0 Å². The summed E-state index contributed by atoms with van der Waals surface area (Å²) < 4.78 is 15.1. The van der Waals surface area contributed by atoms with Crippen LogP contribution >= 0.6 is 22.7 Å². The van der Waals surface area contributed by atoms with Crippen LogP contribution in [-0.2, 0) is 10.8 Å². The van der Waals surface area contributed by atoms with Crippen LogP contribution in [0.3, 0.4) is 0 Å². The number of furan rings is 2. The highest BCUT2D eigenvalue weighted by Crippen LogP contribution is 2.55. The number of hydrogen-bond donors (Lipinski definition) is 0. The van der Waals surface area contributed by atoms with Gasteiger partial charge in [-0.1, -0.05) is 140 Å². The van der Waals surface area contributed by atoms with Crippen molar-refractivity contribution < 1.29 is 8.83 Å². The van der Waals surface area contributed by atoms with E-state index in [1.807, 2.05) is 35.2 Å². The second-order valence-electron chi connectivity index (χ2n) is 22.9. The normalized spacial score (nSPS) is 13.6. The summed E-state index contributed by atoms with van der Waals surface area (Å²) in [6, 6.07) is 45.9. The van der Waals surface area contributed by atoms with E-state index in [0.29, 0.717) is 0 Å². The van der Waals surface area contributed by atoms with Gasteiger partial charge in [0, 0.05) is 42.7 Å². The Bertz CT molecular complexity index is 3820. The molecule has 0 spiro atoms. The average Bonchev–Trinajstić information content (AvgIpc) is 4.15. The van der Waals surface area contributed by atoms with E-state index in [9.17, 15) is 0 Å². The minimum Gasteiger partial charge on any atom is -0.464 e. The third kappa shape index (κ3) is 6.55. The monoisotopic (exact) mass is 974 g/mol. The first kappa shape index (κ1) is 45.1. The highest BCUT2D eigenvalue weighted by molar-refractivity contribution is 7.29. The summed E-state index contributed by atoms with van der Waals surface area (Å²) in [5.74, 6) is 0.265. The molecular formula is C65H59BN2O2S2. The van der Waals surface area contributed by atoms with Gasteiger partial charge in [-0.2, -0.15) is 0 Å². The van der Waals surface area contributed by atoms with Crippen molar-refractivity contribution in [3.05, 3.63) is 173 Å². The molecule has 13 rings (SSSR count). The van der Waals surface area contributed by atoms with Crippen molar-refractivity contribution in [2.24, 2.45) is 0 Å². The van der Waals surface area contributed by atoms with Crippen LogP contribution < -0.4 is 26.2 Å². The van der Waals surface area contributed by atoms with E-state index < -0.39 is 0 Å². The second kappa shape index (κ2) is 15.9. The van der Waals surface area contributed by atoms with Crippen LogP contribution in [0, 0.1) is 27.7 Å². The molecule has 0 N–H and O–H groups in total. The molecule has 0 saturated carbocycles. The van der Waals surface area contributed by atoms with E-state index in [4.69, 9.17) is 8.83 Å². The van der Waals surface area contributed by atoms with Crippen LogP contribution in [0.15, 0.2) is 143 Å². The fourth-order valence-electron chi connectivity index (χ4n) is 12.1. The summed E-state index contributed by atoms with van der Waals surface area (Å²) in [6.45, 7) is 28.0. The van der Waals surface area contributed by atoms with E-state index >= 15 is 0 Å². The Hall–Kier alpha value is -6.80. The lowest BCUT2D eigenvalue weighted by Crippen LogP contribution is -2.60. The largest absolute Gasteiger partial charge is 0.464 e. The predicted molar refractivity (Wildman–Crippen MR) is 312 cm³/mol. The minimum absolute atomic E-state index is 0.0347. The Morgan fingerprint density at radius 1 is 0.472 bits per heavy atom. The highest BCUT2D eigenvalue weighted by atomic mass is 32.1. The van der Waals surface area contributed by atoms with Gasteiger partial charge in [-0.25, -0.2) is 0 Å². The molecule has 0 bridgehead atoms. The number of fused-ring (bicyclic) bond motifs is 10. The van der Waals surface area contributed by atoms with Gasteiger partial charge in [-0.05, 0) is 158 Å². The molecule has 0 radical (unpaired) electrons. The predicted octanol–water partition coefficient (Wildman–Crippen LogP) is 18.0. The molecule has 7 aromatic carbocycles. The van der Waals surface area contributed by atoms with Gasteiger partial charge in [-0.15, -0.1) is 22.7 Å². The molecular weight excluding hydrogens is 916 g/mol. The SMILES string of the molecule is Cc1ccc(-c2coc3ccccc23)c(C)c1N1c2cc(C(C)C)cc3c2B(c2c1sc1ccc(C(C)(C)C)cc21)c1c(sc2ccc(C(C)(C)C)cc12)N3c1c(C)ccc(-c2coc3ccccc23)c1C. The van der Waals surface area contributed by atoms with E-state index in [1.54, 1.807) is 0 Å². The van der Waals surface area contributed by atoms with Gasteiger partial charge < -0.3 is 18.6 Å². The van der Waals surface area contributed by atoms with Gasteiger partial charge >= 0.3 is 0 Å². The maximum Gasteiger partial charge on any atom is 0.256 e. The lowest BCUT2D eigenvalue weighted by molar-refractivity contribution is 0.591. The number of anilines is 6. The van der Waals surface area contributed by atoms with Crippen LogP contribution in [0.4, 0.5) is 32.8 Å². The van der Waals surface area contributed by atoms with Crippen molar-refractivity contribution in [3.63, 3.8) is 0 Å². The molecule has 72 heavy (non-hydrogen) atoms. The lowest BCUT2D eigenvalue weighted by atomic mass is 9.33. The van der Waals surface area contributed by atoms with Gasteiger partial charge in [0.05, 0.1) is 33.9 Å². The number of para-hydroxylation sites is 2. The minimum atomic E-state index is -0.0372. The number of benzene rings is 7. The molecule has 4 nitrogen and oxygen atoms in total. The first-order valence-electron chi connectivity index (χ1n) is 25.5. The van der Waals surface area contributed by atoms with E-state index in [0.717, 1.165) is 33.1 Å². The molecule has 2 aliphatic heterocycles. The average molecular weight is 975 g/mol. The molecule has 0 aliphatic carbocycles. The molecule has 0 saturated heterocycles. The van der Waals surface area contributed by atoms with Crippen molar-refractivity contribution in [2.45, 2.75) is 99.8 Å². The topological polar surface area (TPSA) is 32.8 Å². The Morgan fingerprint density at radius 2 is 0.903 bits per heavy atom. The Balaban J connectivity index is 1.19. The number of rotatable bonds is 5. The molecule has 11 aromatic rings. The standard InChI is InChI=1S/C65H59BN2O2S2/c1-35(2)40-29-51-59-52(30-40)68(61-37(4)22-26-44(39(61)6)50-34-70-54-20-16-14-18-46(50)54)63-58(48-32-42(65(10,11)12)24-28-56(48)72-63)66(59)57-47-31-41(64(7,8)9)23-27-55(47)71-62(57)67(51)60-36(3)21-25-43(38(60)5)49-33-69-53-19-15-13-17-45(49)53/h13-35H,1-12H3. The highest BCUT2D eigenvalue weighted by Gasteiger charge is 2.48. The Labute approximate surface area is 431 Å². The van der Waals surface area contributed by atoms with Gasteiger partial charge in [0.25, 0.3) is 6.71 Å². The smallest absolute Gasteiger partial charge is 0.256 e. The second-order valence-corrected chi connectivity index (χ2v) is 25.0. The maximum absolute atomic E-state index is 6.25. The third-order valence-corrected chi connectivity index (χ3v) is 18.3. The zero-order valence-corrected chi connectivity index (χ0v) is 45.0. The Morgan fingerprint density at radius 3 is 1.32 bits per heavy atom. The number of aryl methyl sites for hydroxylation is 2. The molecule has 0 fully saturated rings. The molecule has 2 aliphatic rings. The summed E-state index contributed by atoms with van der Waals surface area (Å²) >= 11 is 3.91. The summed E-state index contributed by atoms with van der Waals surface area (Å²) in [4.78, 5) is 5.39. The molecule has 4 aromatic heterocycles. The summed E-state index contributed by atoms with van der Waals surface area (Å²) in [7, 11) is 0. The summed E-state index contributed by atoms with van der Waals surface area (Å²) in [5.41, 5.74) is 24.4.